The van der Waals surface area contributed by atoms with E-state index in [9.17, 15) is 8.42 Å². The number of methoxy groups -OCH3 is 1. The highest BCUT2D eigenvalue weighted by Crippen LogP contribution is 2.27. The van der Waals surface area contributed by atoms with E-state index in [-0.39, 0.29) is 17.2 Å². The average Bonchev–Trinajstić information content (AvgIpc) is 2.46. The Labute approximate surface area is 125 Å². The molecule has 106 valence electrons. The molecule has 0 atom stereocenters. The van der Waals surface area contributed by atoms with Gasteiger partial charge in [-0.25, -0.2) is 23.1 Å². The molecule has 1 heterocycles. The van der Waals surface area contributed by atoms with Crippen LogP contribution in [0.5, 0.6) is 5.75 Å². The lowest BCUT2D eigenvalue weighted by atomic mass is 10.3. The number of sulfonamides is 1. The van der Waals surface area contributed by atoms with Crippen LogP contribution in [0.2, 0.25) is 0 Å². The minimum absolute atomic E-state index is 0.0726. The van der Waals surface area contributed by atoms with Gasteiger partial charge in [-0.3, -0.25) is 0 Å². The van der Waals surface area contributed by atoms with Crippen LogP contribution in [-0.2, 0) is 16.6 Å². The fourth-order valence-electron chi connectivity index (χ4n) is 1.53. The molecule has 2 rings (SSSR count). The molecule has 8 heteroatoms. The summed E-state index contributed by atoms with van der Waals surface area (Å²) in [6.07, 6.45) is 2.92. The van der Waals surface area contributed by atoms with Gasteiger partial charge >= 0.3 is 0 Å². The quantitative estimate of drug-likeness (QED) is 0.880. The number of nitrogens with one attached hydrogen (secondary N) is 1. The summed E-state index contributed by atoms with van der Waals surface area (Å²) >= 11 is 3.25. The summed E-state index contributed by atoms with van der Waals surface area (Å²) in [6, 6.07) is 6.42. The molecule has 1 N–H and O–H groups in total. The van der Waals surface area contributed by atoms with Gasteiger partial charge in [-0.2, -0.15) is 0 Å². The Bertz CT molecular complexity index is 692. The highest BCUT2D eigenvalue weighted by atomic mass is 79.9. The van der Waals surface area contributed by atoms with Gasteiger partial charge in [0.05, 0.1) is 19.3 Å². The maximum absolute atomic E-state index is 12.3. The number of benzene rings is 1. The molecule has 1 aromatic heterocycles. The maximum Gasteiger partial charge on any atom is 0.244 e. The lowest BCUT2D eigenvalue weighted by molar-refractivity contribution is 0.402. The van der Waals surface area contributed by atoms with Gasteiger partial charge in [0.15, 0.2) is 0 Å². The molecule has 0 fully saturated rings. The summed E-state index contributed by atoms with van der Waals surface area (Å²) in [5.74, 6) is 0.281. The van der Waals surface area contributed by atoms with E-state index in [1.54, 1.807) is 24.4 Å². The Morgan fingerprint density at radius 1 is 1.35 bits per heavy atom. The highest BCUT2D eigenvalue weighted by molar-refractivity contribution is 9.10. The van der Waals surface area contributed by atoms with Crippen molar-refractivity contribution in [2.45, 2.75) is 11.4 Å². The maximum atomic E-state index is 12.3. The van der Waals surface area contributed by atoms with Crippen molar-refractivity contribution in [3.8, 4) is 5.75 Å². The van der Waals surface area contributed by atoms with Crippen LogP contribution in [0.25, 0.3) is 0 Å². The topological polar surface area (TPSA) is 81.2 Å². The molecule has 0 aliphatic rings. The van der Waals surface area contributed by atoms with Gasteiger partial charge in [-0.05, 0) is 24.3 Å². The molecule has 2 aromatic rings. The van der Waals surface area contributed by atoms with Gasteiger partial charge in [0.1, 0.15) is 17.0 Å². The molecule has 0 saturated carbocycles. The lowest BCUT2D eigenvalue weighted by Gasteiger charge is -2.10. The van der Waals surface area contributed by atoms with Crippen molar-refractivity contribution >= 4 is 26.0 Å². The van der Waals surface area contributed by atoms with Crippen molar-refractivity contribution in [2.75, 3.05) is 7.11 Å². The molecule has 0 aliphatic carbocycles. The first-order chi connectivity index (χ1) is 9.53. The third-order valence-corrected chi connectivity index (χ3v) is 4.42. The van der Waals surface area contributed by atoms with Crippen molar-refractivity contribution in [1.82, 2.24) is 14.7 Å². The number of halogens is 1. The summed E-state index contributed by atoms with van der Waals surface area (Å²) in [4.78, 5) is 7.80. The Balaban J connectivity index is 2.24. The number of hydrogen-bond donors (Lipinski definition) is 1. The van der Waals surface area contributed by atoms with E-state index >= 15 is 0 Å². The summed E-state index contributed by atoms with van der Waals surface area (Å²) in [5, 5.41) is 0. The SMILES string of the molecule is COc1ccc(Br)cc1S(=O)(=O)NCc1ccncn1. The van der Waals surface area contributed by atoms with Crippen LogP contribution < -0.4 is 9.46 Å². The van der Waals surface area contributed by atoms with Gasteiger partial charge < -0.3 is 4.74 Å². The molecular weight excluding hydrogens is 346 g/mol. The van der Waals surface area contributed by atoms with E-state index in [2.05, 4.69) is 30.6 Å². The van der Waals surface area contributed by atoms with Crippen LogP contribution >= 0.6 is 15.9 Å². The van der Waals surface area contributed by atoms with Crippen LogP contribution in [0.4, 0.5) is 0 Å². The summed E-state index contributed by atoms with van der Waals surface area (Å²) in [5.41, 5.74) is 0.581. The number of aromatic nitrogens is 2. The summed E-state index contributed by atoms with van der Waals surface area (Å²) in [6.45, 7) is 0.0839. The Morgan fingerprint density at radius 3 is 2.80 bits per heavy atom. The minimum atomic E-state index is -3.69. The van der Waals surface area contributed by atoms with Crippen LogP contribution in [0, 0.1) is 0 Å². The predicted octanol–water partition coefficient (Wildman–Crippen LogP) is 1.73. The van der Waals surface area contributed by atoms with Gasteiger partial charge in [0.2, 0.25) is 10.0 Å². The zero-order chi connectivity index (χ0) is 14.6. The fourth-order valence-corrected chi connectivity index (χ4v) is 3.23. The molecule has 0 bridgehead atoms. The van der Waals surface area contributed by atoms with Crippen molar-refractivity contribution < 1.29 is 13.2 Å². The van der Waals surface area contributed by atoms with Gasteiger partial charge in [0, 0.05) is 10.7 Å². The zero-order valence-electron chi connectivity index (χ0n) is 10.6. The third-order valence-electron chi connectivity index (χ3n) is 2.50. The second-order valence-electron chi connectivity index (χ2n) is 3.82. The molecule has 6 nitrogen and oxygen atoms in total. The first-order valence-corrected chi connectivity index (χ1v) is 7.88. The molecule has 0 amide bonds. The van der Waals surface area contributed by atoms with Crippen molar-refractivity contribution in [1.29, 1.82) is 0 Å². The fraction of sp³-hybridized carbons (Fsp3) is 0.167. The molecule has 0 unspecified atom stereocenters. The standard InChI is InChI=1S/C12H12BrN3O3S/c1-19-11-3-2-9(13)6-12(11)20(17,18)16-7-10-4-5-14-8-15-10/h2-6,8,16H,7H2,1H3. The van der Waals surface area contributed by atoms with E-state index in [0.717, 1.165) is 0 Å². The number of hydrogen-bond acceptors (Lipinski definition) is 5. The number of rotatable bonds is 5. The predicted molar refractivity (Wildman–Crippen MR) is 76.8 cm³/mol. The first kappa shape index (κ1) is 14.9. The largest absolute Gasteiger partial charge is 0.495 e. The van der Waals surface area contributed by atoms with Crippen molar-refractivity contribution in [3.63, 3.8) is 0 Å². The molecular formula is C12H12BrN3O3S. The second kappa shape index (κ2) is 6.29. The van der Waals surface area contributed by atoms with E-state index in [1.807, 2.05) is 0 Å². The van der Waals surface area contributed by atoms with Gasteiger partial charge in [0.25, 0.3) is 0 Å². The average molecular weight is 358 g/mol. The van der Waals surface area contributed by atoms with Crippen molar-refractivity contribution in [3.05, 3.63) is 47.0 Å². The molecule has 1 aromatic carbocycles. The molecule has 20 heavy (non-hydrogen) atoms. The van der Waals surface area contributed by atoms with Crippen molar-refractivity contribution in [2.24, 2.45) is 0 Å². The number of nitrogens with zero attached hydrogens (tertiary/aromatic N) is 2. The number of ether oxygens (including phenoxy) is 1. The van der Waals surface area contributed by atoms with E-state index in [0.29, 0.717) is 10.2 Å². The molecule has 0 aliphatic heterocycles. The highest BCUT2D eigenvalue weighted by Gasteiger charge is 2.19. The monoisotopic (exact) mass is 357 g/mol. The van der Waals surface area contributed by atoms with Crippen LogP contribution in [0.3, 0.4) is 0 Å². The Hall–Kier alpha value is -1.51. The Kier molecular flexibility index (Phi) is 4.69. The van der Waals surface area contributed by atoms with Crippen LogP contribution in [0.1, 0.15) is 5.69 Å². The van der Waals surface area contributed by atoms with E-state index < -0.39 is 10.0 Å². The zero-order valence-corrected chi connectivity index (χ0v) is 13.0. The third kappa shape index (κ3) is 3.53. The summed E-state index contributed by atoms with van der Waals surface area (Å²) < 4.78 is 32.8. The summed E-state index contributed by atoms with van der Waals surface area (Å²) in [7, 11) is -2.27. The lowest BCUT2D eigenvalue weighted by Crippen LogP contribution is -2.24. The van der Waals surface area contributed by atoms with Gasteiger partial charge in [-0.15, -0.1) is 0 Å². The minimum Gasteiger partial charge on any atom is -0.495 e. The normalized spacial score (nSPS) is 11.3. The van der Waals surface area contributed by atoms with Gasteiger partial charge in [-0.1, -0.05) is 15.9 Å². The van der Waals surface area contributed by atoms with E-state index in [1.165, 1.54) is 19.5 Å². The van der Waals surface area contributed by atoms with E-state index in [4.69, 9.17) is 4.74 Å². The van der Waals surface area contributed by atoms with Crippen LogP contribution in [-0.4, -0.2) is 25.5 Å². The second-order valence-corrected chi connectivity index (χ2v) is 6.47. The molecule has 0 radical (unpaired) electrons. The first-order valence-electron chi connectivity index (χ1n) is 5.61. The Morgan fingerprint density at radius 2 is 2.15 bits per heavy atom. The molecule has 0 spiro atoms. The smallest absolute Gasteiger partial charge is 0.244 e. The van der Waals surface area contributed by atoms with Crippen LogP contribution in [0.15, 0.2) is 46.2 Å². The molecule has 0 saturated heterocycles.